The summed E-state index contributed by atoms with van der Waals surface area (Å²) in [5, 5.41) is 3.91. The average Bonchev–Trinajstić information content (AvgIpc) is 2.97. The Labute approximate surface area is 168 Å². The van der Waals surface area contributed by atoms with Crippen LogP contribution in [-0.4, -0.2) is 22.8 Å². The Morgan fingerprint density at radius 3 is 2.70 bits per heavy atom. The maximum atomic E-state index is 12.9. The largest absolute Gasteiger partial charge is 0.356 e. The van der Waals surface area contributed by atoms with Gasteiger partial charge in [-0.05, 0) is 73.7 Å². The van der Waals surface area contributed by atoms with E-state index in [2.05, 4.69) is 39.1 Å². The zero-order chi connectivity index (χ0) is 19.4. The molecule has 0 aromatic rings. The normalized spacial score (nSPS) is 46.0. The van der Waals surface area contributed by atoms with Crippen LogP contribution in [0.1, 0.15) is 66.2 Å². The van der Waals surface area contributed by atoms with Gasteiger partial charge in [0.2, 0.25) is 11.0 Å². The molecule has 0 bridgehead atoms. The molecule has 0 saturated heterocycles. The first-order valence-electron chi connectivity index (χ1n) is 10.9. The van der Waals surface area contributed by atoms with Crippen LogP contribution in [-0.2, 0) is 9.59 Å². The van der Waals surface area contributed by atoms with Gasteiger partial charge in [0.1, 0.15) is 0 Å². The quantitative estimate of drug-likeness (QED) is 0.753. The predicted octanol–water partition coefficient (Wildman–Crippen LogP) is 4.82. The number of rotatable bonds is 3. The van der Waals surface area contributed by atoms with Crippen LogP contribution in [0.25, 0.3) is 0 Å². The van der Waals surface area contributed by atoms with Crippen LogP contribution >= 0.6 is 11.8 Å². The Bertz CT molecular complexity index is 659. The highest BCUT2D eigenvalue weighted by Crippen LogP contribution is 2.66. The Morgan fingerprint density at radius 2 is 1.96 bits per heavy atom. The zero-order valence-corrected chi connectivity index (χ0v) is 18.1. The van der Waals surface area contributed by atoms with Gasteiger partial charge in [0, 0.05) is 23.1 Å². The van der Waals surface area contributed by atoms with E-state index in [1.165, 1.54) is 19.3 Å². The van der Waals surface area contributed by atoms with Gasteiger partial charge in [-0.1, -0.05) is 45.5 Å². The Kier molecular flexibility index (Phi) is 5.02. The maximum absolute atomic E-state index is 12.9. The van der Waals surface area contributed by atoms with Gasteiger partial charge >= 0.3 is 0 Å². The molecule has 3 saturated carbocycles. The number of hydrogen-bond acceptors (Lipinski definition) is 3. The average molecular weight is 390 g/mol. The van der Waals surface area contributed by atoms with Crippen LogP contribution in [0.2, 0.25) is 0 Å². The van der Waals surface area contributed by atoms with E-state index in [0.717, 1.165) is 25.8 Å². The lowest BCUT2D eigenvalue weighted by Gasteiger charge is -2.58. The van der Waals surface area contributed by atoms with Gasteiger partial charge in [-0.15, -0.1) is 0 Å². The molecule has 0 spiro atoms. The molecule has 2 unspecified atom stereocenters. The van der Waals surface area contributed by atoms with Crippen molar-refractivity contribution in [1.82, 2.24) is 5.32 Å². The van der Waals surface area contributed by atoms with Crippen molar-refractivity contribution in [3.05, 3.63) is 12.2 Å². The molecule has 1 N–H and O–H groups in total. The van der Waals surface area contributed by atoms with E-state index in [1.54, 1.807) is 11.8 Å². The second-order valence-corrected chi connectivity index (χ2v) is 11.6. The number of carbonyl (C=O) groups is 2. The van der Waals surface area contributed by atoms with Crippen molar-refractivity contribution in [3.8, 4) is 0 Å². The van der Waals surface area contributed by atoms with Crippen LogP contribution in [0.15, 0.2) is 12.2 Å². The molecular weight excluding hydrogens is 354 g/mol. The summed E-state index contributed by atoms with van der Waals surface area (Å²) in [5.74, 6) is 3.04. The Balaban J connectivity index is 1.54. The molecule has 150 valence electrons. The summed E-state index contributed by atoms with van der Waals surface area (Å²) < 4.78 is 0. The lowest BCUT2D eigenvalue weighted by Crippen LogP contribution is -2.54. The number of nitrogens with one attached hydrogen (secondary N) is 1. The third-order valence-electron chi connectivity index (χ3n) is 8.53. The smallest absolute Gasteiger partial charge is 0.223 e. The van der Waals surface area contributed by atoms with E-state index in [-0.39, 0.29) is 21.9 Å². The molecule has 7 atom stereocenters. The lowest BCUT2D eigenvalue weighted by molar-refractivity contribution is -0.132. The SMILES string of the molecule is CC(C)CNC(=O)C1CC[C@H]2[C@@H]3CCC4SC(=O)C=C[C@]4(C)[C@@H]3CC[C@]12C. The highest BCUT2D eigenvalue weighted by Gasteiger charge is 2.60. The van der Waals surface area contributed by atoms with E-state index in [4.69, 9.17) is 0 Å². The summed E-state index contributed by atoms with van der Waals surface area (Å²) in [6.07, 6.45) is 11.1. The van der Waals surface area contributed by atoms with Crippen LogP contribution in [0, 0.1) is 40.4 Å². The van der Waals surface area contributed by atoms with E-state index in [1.807, 2.05) is 6.08 Å². The van der Waals surface area contributed by atoms with Gasteiger partial charge in [0.25, 0.3) is 0 Å². The second-order valence-electron chi connectivity index (χ2n) is 10.4. The van der Waals surface area contributed by atoms with E-state index in [0.29, 0.717) is 34.8 Å². The molecule has 1 aliphatic heterocycles. The molecule has 27 heavy (non-hydrogen) atoms. The predicted molar refractivity (Wildman–Crippen MR) is 111 cm³/mol. The molecule has 1 heterocycles. The third-order valence-corrected chi connectivity index (χ3v) is 9.93. The fraction of sp³-hybridized carbons (Fsp3) is 0.826. The van der Waals surface area contributed by atoms with Gasteiger partial charge in [0.05, 0.1) is 0 Å². The van der Waals surface area contributed by atoms with Gasteiger partial charge < -0.3 is 5.32 Å². The molecule has 3 aliphatic carbocycles. The van der Waals surface area contributed by atoms with E-state index in [9.17, 15) is 9.59 Å². The number of fused-ring (bicyclic) bond motifs is 5. The van der Waals surface area contributed by atoms with Crippen molar-refractivity contribution < 1.29 is 9.59 Å². The summed E-state index contributed by atoms with van der Waals surface area (Å²) >= 11 is 1.57. The summed E-state index contributed by atoms with van der Waals surface area (Å²) in [6.45, 7) is 9.91. The molecule has 4 heteroatoms. The van der Waals surface area contributed by atoms with E-state index >= 15 is 0 Å². The monoisotopic (exact) mass is 389 g/mol. The maximum Gasteiger partial charge on any atom is 0.223 e. The van der Waals surface area contributed by atoms with Crippen LogP contribution < -0.4 is 5.32 Å². The number of hydrogen-bond donors (Lipinski definition) is 1. The Morgan fingerprint density at radius 1 is 1.19 bits per heavy atom. The van der Waals surface area contributed by atoms with Crippen LogP contribution in [0.3, 0.4) is 0 Å². The minimum atomic E-state index is 0.154. The molecular formula is C23H35NO2S. The number of allylic oxidation sites excluding steroid dienone is 1. The third kappa shape index (κ3) is 3.10. The molecule has 1 amide bonds. The van der Waals surface area contributed by atoms with Crippen molar-refractivity contribution in [2.24, 2.45) is 40.4 Å². The molecule has 0 aromatic heterocycles. The highest BCUT2D eigenvalue weighted by atomic mass is 32.2. The Hall–Kier alpha value is -0.770. The fourth-order valence-corrected chi connectivity index (χ4v) is 8.25. The fourth-order valence-electron chi connectivity index (χ4n) is 7.06. The number of thioether (sulfide) groups is 1. The molecule has 3 nitrogen and oxygen atoms in total. The molecule has 3 fully saturated rings. The first-order chi connectivity index (χ1) is 12.8. The zero-order valence-electron chi connectivity index (χ0n) is 17.3. The minimum absolute atomic E-state index is 0.154. The summed E-state index contributed by atoms with van der Waals surface area (Å²) in [6, 6.07) is 0. The standard InChI is InChI=1S/C23H35NO2S/c1-14(2)13-24-21(26)18-7-6-16-15-5-8-19-23(4,12-10-20(25)27-19)17(15)9-11-22(16,18)3/h10,12,14-19H,5-9,11,13H2,1-4H3,(H,24,26)/t15-,16-,17+,18?,19?,22-,23+/m0/s1. The van der Waals surface area contributed by atoms with Crippen LogP contribution in [0.4, 0.5) is 0 Å². The molecule has 0 radical (unpaired) electrons. The number of carbonyl (C=O) groups excluding carboxylic acids is 2. The van der Waals surface area contributed by atoms with Crippen molar-refractivity contribution in [3.63, 3.8) is 0 Å². The van der Waals surface area contributed by atoms with Crippen molar-refractivity contribution in [2.75, 3.05) is 6.54 Å². The van der Waals surface area contributed by atoms with E-state index < -0.39 is 0 Å². The van der Waals surface area contributed by atoms with Crippen LogP contribution in [0.5, 0.6) is 0 Å². The first kappa shape index (κ1) is 19.5. The molecule has 4 aliphatic rings. The summed E-state index contributed by atoms with van der Waals surface area (Å²) in [7, 11) is 0. The highest BCUT2D eigenvalue weighted by molar-refractivity contribution is 8.14. The summed E-state index contributed by atoms with van der Waals surface area (Å²) in [4.78, 5) is 24.8. The molecule has 0 aromatic carbocycles. The topological polar surface area (TPSA) is 46.2 Å². The van der Waals surface area contributed by atoms with Crippen molar-refractivity contribution in [2.45, 2.75) is 71.5 Å². The van der Waals surface area contributed by atoms with Gasteiger partial charge in [-0.3, -0.25) is 9.59 Å². The second kappa shape index (κ2) is 6.93. The molecule has 4 rings (SSSR count). The number of amides is 1. The summed E-state index contributed by atoms with van der Waals surface area (Å²) in [5.41, 5.74) is 0.313. The van der Waals surface area contributed by atoms with Gasteiger partial charge in [-0.2, -0.15) is 0 Å². The van der Waals surface area contributed by atoms with Gasteiger partial charge in [-0.25, -0.2) is 0 Å². The first-order valence-corrected chi connectivity index (χ1v) is 11.8. The lowest BCUT2D eigenvalue weighted by atomic mass is 9.49. The van der Waals surface area contributed by atoms with Gasteiger partial charge in [0.15, 0.2) is 0 Å². The minimum Gasteiger partial charge on any atom is -0.356 e. The van der Waals surface area contributed by atoms with Crippen molar-refractivity contribution in [1.29, 1.82) is 0 Å². The van der Waals surface area contributed by atoms with Crippen molar-refractivity contribution >= 4 is 22.8 Å².